The Labute approximate surface area is 129 Å². The predicted molar refractivity (Wildman–Crippen MR) is 88.0 cm³/mol. The van der Waals surface area contributed by atoms with Gasteiger partial charge in [-0.15, -0.1) is 0 Å². The standard InChI is InChI=1S/C17H30N2O2/c1-12(2)11-17(18,13(3)19(4)5)15-10-14(20-6)8-9-16(15)21-7/h8-10,12-13H,11,18H2,1-7H3. The second-order valence-electron chi connectivity index (χ2n) is 6.34. The van der Waals surface area contributed by atoms with Gasteiger partial charge in [-0.25, -0.2) is 0 Å². The fourth-order valence-corrected chi connectivity index (χ4v) is 2.82. The number of hydrogen-bond donors (Lipinski definition) is 1. The van der Waals surface area contributed by atoms with Crippen molar-refractivity contribution in [2.24, 2.45) is 11.7 Å². The van der Waals surface area contributed by atoms with Crippen LogP contribution in [0.2, 0.25) is 0 Å². The molecule has 0 bridgehead atoms. The first-order chi connectivity index (χ1) is 9.76. The van der Waals surface area contributed by atoms with Crippen molar-refractivity contribution in [3.8, 4) is 11.5 Å². The van der Waals surface area contributed by atoms with Gasteiger partial charge in [0.15, 0.2) is 0 Å². The number of hydrogen-bond acceptors (Lipinski definition) is 4. The third-order valence-corrected chi connectivity index (χ3v) is 4.17. The van der Waals surface area contributed by atoms with E-state index in [0.29, 0.717) is 5.92 Å². The van der Waals surface area contributed by atoms with Gasteiger partial charge in [-0.05, 0) is 51.6 Å². The number of likely N-dealkylation sites (N-methyl/N-ethyl adjacent to an activating group) is 1. The van der Waals surface area contributed by atoms with Gasteiger partial charge in [0.1, 0.15) is 11.5 Å². The first-order valence-electron chi connectivity index (χ1n) is 7.44. The highest BCUT2D eigenvalue weighted by molar-refractivity contribution is 5.45. The van der Waals surface area contributed by atoms with E-state index in [1.165, 1.54) is 0 Å². The Balaban J connectivity index is 3.43. The summed E-state index contributed by atoms with van der Waals surface area (Å²) in [5, 5.41) is 0. The number of nitrogens with two attached hydrogens (primary N) is 1. The average Bonchev–Trinajstić information content (AvgIpc) is 2.44. The molecule has 0 fully saturated rings. The van der Waals surface area contributed by atoms with Gasteiger partial charge < -0.3 is 20.1 Å². The molecule has 0 aromatic heterocycles. The second-order valence-corrected chi connectivity index (χ2v) is 6.34. The Morgan fingerprint density at radius 2 is 1.76 bits per heavy atom. The third kappa shape index (κ3) is 3.89. The van der Waals surface area contributed by atoms with Crippen LogP contribution in [0.3, 0.4) is 0 Å². The zero-order valence-electron chi connectivity index (χ0n) is 14.4. The molecule has 2 N–H and O–H groups in total. The lowest BCUT2D eigenvalue weighted by Gasteiger charge is -2.41. The first kappa shape index (κ1) is 17.8. The molecule has 21 heavy (non-hydrogen) atoms. The molecule has 2 unspecified atom stereocenters. The molecule has 4 nitrogen and oxygen atoms in total. The van der Waals surface area contributed by atoms with Crippen LogP contribution in [0.4, 0.5) is 0 Å². The first-order valence-corrected chi connectivity index (χ1v) is 7.44. The minimum atomic E-state index is -0.502. The highest BCUT2D eigenvalue weighted by atomic mass is 16.5. The minimum Gasteiger partial charge on any atom is -0.497 e. The van der Waals surface area contributed by atoms with Crippen LogP contribution in [0.25, 0.3) is 0 Å². The SMILES string of the molecule is COc1ccc(OC)c(C(N)(CC(C)C)C(C)N(C)C)c1. The normalized spacial score (nSPS) is 15.9. The van der Waals surface area contributed by atoms with Gasteiger partial charge in [-0.1, -0.05) is 13.8 Å². The Hall–Kier alpha value is -1.26. The van der Waals surface area contributed by atoms with E-state index in [1.807, 2.05) is 18.2 Å². The molecule has 1 aromatic carbocycles. The zero-order chi connectivity index (χ0) is 16.2. The summed E-state index contributed by atoms with van der Waals surface area (Å²) in [6, 6.07) is 6.00. The summed E-state index contributed by atoms with van der Waals surface area (Å²) >= 11 is 0. The van der Waals surface area contributed by atoms with Crippen molar-refractivity contribution in [3.05, 3.63) is 23.8 Å². The maximum absolute atomic E-state index is 6.89. The van der Waals surface area contributed by atoms with Gasteiger partial charge in [0.25, 0.3) is 0 Å². The molecule has 0 aliphatic rings. The van der Waals surface area contributed by atoms with E-state index in [1.54, 1.807) is 14.2 Å². The number of ether oxygens (including phenoxy) is 2. The quantitative estimate of drug-likeness (QED) is 0.840. The molecule has 1 aromatic rings. The van der Waals surface area contributed by atoms with Gasteiger partial charge >= 0.3 is 0 Å². The monoisotopic (exact) mass is 294 g/mol. The van der Waals surface area contributed by atoms with E-state index >= 15 is 0 Å². The maximum Gasteiger partial charge on any atom is 0.124 e. The molecule has 4 heteroatoms. The lowest BCUT2D eigenvalue weighted by Crippen LogP contribution is -2.53. The van der Waals surface area contributed by atoms with Crippen LogP contribution >= 0.6 is 0 Å². The summed E-state index contributed by atoms with van der Waals surface area (Å²) in [6.45, 7) is 6.54. The van der Waals surface area contributed by atoms with Crippen molar-refractivity contribution in [2.45, 2.75) is 38.8 Å². The highest BCUT2D eigenvalue weighted by Crippen LogP contribution is 2.39. The van der Waals surface area contributed by atoms with Crippen LogP contribution in [0.1, 0.15) is 32.8 Å². The molecule has 0 heterocycles. The largest absolute Gasteiger partial charge is 0.497 e. The second kappa shape index (κ2) is 7.14. The summed E-state index contributed by atoms with van der Waals surface area (Å²) < 4.78 is 10.9. The lowest BCUT2D eigenvalue weighted by molar-refractivity contribution is 0.163. The topological polar surface area (TPSA) is 47.7 Å². The van der Waals surface area contributed by atoms with Gasteiger partial charge in [-0.3, -0.25) is 0 Å². The molecular weight excluding hydrogens is 264 g/mol. The minimum absolute atomic E-state index is 0.168. The van der Waals surface area contributed by atoms with Crippen molar-refractivity contribution in [1.29, 1.82) is 0 Å². The van der Waals surface area contributed by atoms with E-state index in [-0.39, 0.29) is 6.04 Å². The molecule has 0 spiro atoms. The summed E-state index contributed by atoms with van der Waals surface area (Å²) in [7, 11) is 7.46. The fraction of sp³-hybridized carbons (Fsp3) is 0.647. The van der Waals surface area contributed by atoms with Gasteiger partial charge in [-0.2, -0.15) is 0 Å². The molecule has 0 aliphatic carbocycles. The lowest BCUT2D eigenvalue weighted by atomic mass is 9.77. The summed E-state index contributed by atoms with van der Waals surface area (Å²) in [5.74, 6) is 2.09. The number of nitrogens with zero attached hydrogens (tertiary/aromatic N) is 1. The molecular formula is C17H30N2O2. The van der Waals surface area contributed by atoms with Crippen molar-refractivity contribution in [2.75, 3.05) is 28.3 Å². The molecule has 120 valence electrons. The van der Waals surface area contributed by atoms with Crippen molar-refractivity contribution >= 4 is 0 Å². The number of benzene rings is 1. The van der Waals surface area contributed by atoms with E-state index in [0.717, 1.165) is 23.5 Å². The molecule has 0 radical (unpaired) electrons. The van der Waals surface area contributed by atoms with E-state index < -0.39 is 5.54 Å². The summed E-state index contributed by atoms with van der Waals surface area (Å²) in [5.41, 5.74) is 7.38. The van der Waals surface area contributed by atoms with Crippen LogP contribution in [-0.4, -0.2) is 39.3 Å². The van der Waals surface area contributed by atoms with Crippen LogP contribution in [-0.2, 0) is 5.54 Å². The zero-order valence-corrected chi connectivity index (χ0v) is 14.4. The molecule has 0 aliphatic heterocycles. The van der Waals surface area contributed by atoms with Gasteiger partial charge in [0.05, 0.1) is 19.8 Å². The van der Waals surface area contributed by atoms with Crippen molar-refractivity contribution in [1.82, 2.24) is 4.90 Å². The van der Waals surface area contributed by atoms with Gasteiger partial charge in [0.2, 0.25) is 0 Å². The van der Waals surface area contributed by atoms with Gasteiger partial charge in [0, 0.05) is 11.6 Å². The number of rotatable bonds is 7. The van der Waals surface area contributed by atoms with Crippen LogP contribution in [0, 0.1) is 5.92 Å². The predicted octanol–water partition coefficient (Wildman–Crippen LogP) is 2.85. The number of methoxy groups -OCH3 is 2. The Morgan fingerprint density at radius 1 is 1.14 bits per heavy atom. The van der Waals surface area contributed by atoms with E-state index in [4.69, 9.17) is 15.2 Å². The molecule has 0 saturated heterocycles. The molecule has 0 amide bonds. The Bertz CT molecular complexity index is 460. The van der Waals surface area contributed by atoms with E-state index in [9.17, 15) is 0 Å². The average molecular weight is 294 g/mol. The third-order valence-electron chi connectivity index (χ3n) is 4.17. The highest BCUT2D eigenvalue weighted by Gasteiger charge is 2.38. The summed E-state index contributed by atoms with van der Waals surface area (Å²) in [6.07, 6.45) is 0.871. The Morgan fingerprint density at radius 3 is 2.19 bits per heavy atom. The van der Waals surface area contributed by atoms with E-state index in [2.05, 4.69) is 39.8 Å². The van der Waals surface area contributed by atoms with Crippen LogP contribution in [0.5, 0.6) is 11.5 Å². The molecule has 0 saturated carbocycles. The fourth-order valence-electron chi connectivity index (χ4n) is 2.82. The smallest absolute Gasteiger partial charge is 0.124 e. The maximum atomic E-state index is 6.89. The van der Waals surface area contributed by atoms with Crippen molar-refractivity contribution < 1.29 is 9.47 Å². The molecule has 1 rings (SSSR count). The van der Waals surface area contributed by atoms with Crippen LogP contribution < -0.4 is 15.2 Å². The Kier molecular flexibility index (Phi) is 6.05. The molecule has 2 atom stereocenters. The summed E-state index contributed by atoms with van der Waals surface area (Å²) in [4.78, 5) is 2.15. The van der Waals surface area contributed by atoms with Crippen LogP contribution in [0.15, 0.2) is 18.2 Å². The van der Waals surface area contributed by atoms with Crippen molar-refractivity contribution in [3.63, 3.8) is 0 Å².